The molecule has 1 unspecified atom stereocenters. The quantitative estimate of drug-likeness (QED) is 0.861. The Hall–Kier alpha value is -1.24. The smallest absolute Gasteiger partial charge is 0.261 e. The molecule has 1 aliphatic heterocycles. The second kappa shape index (κ2) is 5.03. The first-order valence-electron chi connectivity index (χ1n) is 6.14. The number of morpholine rings is 1. The Bertz CT molecular complexity index is 677. The van der Waals surface area contributed by atoms with Crippen molar-refractivity contribution in [2.24, 2.45) is 7.05 Å². The molecule has 1 N–H and O–H groups in total. The van der Waals surface area contributed by atoms with E-state index in [9.17, 15) is 4.79 Å². The van der Waals surface area contributed by atoms with Gasteiger partial charge in [-0.05, 0) is 18.2 Å². The van der Waals surface area contributed by atoms with Crippen LogP contribution in [0.2, 0.25) is 0 Å². The van der Waals surface area contributed by atoms with E-state index >= 15 is 0 Å². The van der Waals surface area contributed by atoms with Crippen LogP contribution < -0.4 is 10.9 Å². The van der Waals surface area contributed by atoms with Gasteiger partial charge in [-0.15, -0.1) is 0 Å². The highest BCUT2D eigenvalue weighted by Crippen LogP contribution is 2.18. The standard InChI is InChI=1S/C13H14BrN3O2/c1-17-12(11-7-19-5-4-15-11)16-10-6-8(14)2-3-9(10)13(17)18/h2-3,6,11,15H,4-5,7H2,1H3. The van der Waals surface area contributed by atoms with Gasteiger partial charge in [-0.2, -0.15) is 0 Å². The molecule has 1 aromatic heterocycles. The van der Waals surface area contributed by atoms with E-state index in [4.69, 9.17) is 4.74 Å². The predicted molar refractivity (Wildman–Crippen MR) is 76.2 cm³/mol. The summed E-state index contributed by atoms with van der Waals surface area (Å²) in [6.07, 6.45) is 0. The summed E-state index contributed by atoms with van der Waals surface area (Å²) in [5.74, 6) is 0.718. The topological polar surface area (TPSA) is 56.1 Å². The van der Waals surface area contributed by atoms with Gasteiger partial charge in [-0.3, -0.25) is 9.36 Å². The van der Waals surface area contributed by atoms with Crippen molar-refractivity contribution in [3.63, 3.8) is 0 Å². The molecule has 0 bridgehead atoms. The summed E-state index contributed by atoms with van der Waals surface area (Å²) < 4.78 is 7.96. The fourth-order valence-corrected chi connectivity index (χ4v) is 2.65. The summed E-state index contributed by atoms with van der Waals surface area (Å²) in [7, 11) is 1.75. The minimum Gasteiger partial charge on any atom is -0.378 e. The first-order chi connectivity index (χ1) is 9.16. The number of benzene rings is 1. The maximum absolute atomic E-state index is 12.3. The number of nitrogens with zero attached hydrogens (tertiary/aromatic N) is 2. The molecule has 0 spiro atoms. The predicted octanol–water partition coefficient (Wildman–Crippen LogP) is 1.36. The van der Waals surface area contributed by atoms with E-state index in [2.05, 4.69) is 26.2 Å². The Balaban J connectivity index is 2.19. The maximum Gasteiger partial charge on any atom is 0.261 e. The summed E-state index contributed by atoms with van der Waals surface area (Å²) in [6.45, 7) is 2.01. The van der Waals surface area contributed by atoms with Crippen molar-refractivity contribution in [1.29, 1.82) is 0 Å². The fourth-order valence-electron chi connectivity index (χ4n) is 2.30. The van der Waals surface area contributed by atoms with Crippen LogP contribution >= 0.6 is 15.9 Å². The van der Waals surface area contributed by atoms with Crippen LogP contribution in [0.1, 0.15) is 11.9 Å². The van der Waals surface area contributed by atoms with Crippen molar-refractivity contribution < 1.29 is 4.74 Å². The van der Waals surface area contributed by atoms with E-state index in [0.717, 1.165) is 16.8 Å². The minimum absolute atomic E-state index is 0.0279. The third-order valence-corrected chi connectivity index (χ3v) is 3.80. The second-order valence-electron chi connectivity index (χ2n) is 4.58. The van der Waals surface area contributed by atoms with Gasteiger partial charge in [0.05, 0.1) is 30.2 Å². The van der Waals surface area contributed by atoms with E-state index in [-0.39, 0.29) is 11.6 Å². The number of fused-ring (bicyclic) bond motifs is 1. The number of hydrogen-bond donors (Lipinski definition) is 1. The maximum atomic E-state index is 12.3. The molecule has 0 radical (unpaired) electrons. The van der Waals surface area contributed by atoms with Gasteiger partial charge in [-0.1, -0.05) is 15.9 Å². The lowest BCUT2D eigenvalue weighted by molar-refractivity contribution is 0.0730. The largest absolute Gasteiger partial charge is 0.378 e. The zero-order valence-corrected chi connectivity index (χ0v) is 12.1. The molecular weight excluding hydrogens is 310 g/mol. The normalized spacial score (nSPS) is 19.8. The van der Waals surface area contributed by atoms with Gasteiger partial charge in [0, 0.05) is 18.1 Å². The average molecular weight is 324 g/mol. The highest BCUT2D eigenvalue weighted by Gasteiger charge is 2.20. The Morgan fingerprint density at radius 3 is 3.11 bits per heavy atom. The molecule has 1 aliphatic rings. The van der Waals surface area contributed by atoms with Gasteiger partial charge < -0.3 is 10.1 Å². The molecular formula is C13H14BrN3O2. The molecule has 0 amide bonds. The minimum atomic E-state index is -0.0326. The summed E-state index contributed by atoms with van der Waals surface area (Å²) in [6, 6.07) is 5.48. The molecule has 5 nitrogen and oxygen atoms in total. The van der Waals surface area contributed by atoms with Crippen LogP contribution in [0.3, 0.4) is 0 Å². The molecule has 2 aromatic rings. The first-order valence-corrected chi connectivity index (χ1v) is 6.93. The van der Waals surface area contributed by atoms with Crippen molar-refractivity contribution >= 4 is 26.8 Å². The molecule has 1 atom stereocenters. The summed E-state index contributed by atoms with van der Waals surface area (Å²) in [5.41, 5.74) is 0.680. The van der Waals surface area contributed by atoms with E-state index in [1.165, 1.54) is 0 Å². The van der Waals surface area contributed by atoms with E-state index in [1.807, 2.05) is 12.1 Å². The first kappa shape index (κ1) is 12.8. The van der Waals surface area contributed by atoms with E-state index in [0.29, 0.717) is 24.1 Å². The van der Waals surface area contributed by atoms with Gasteiger partial charge in [0.2, 0.25) is 0 Å². The van der Waals surface area contributed by atoms with Gasteiger partial charge in [0.1, 0.15) is 5.82 Å². The Morgan fingerprint density at radius 1 is 1.53 bits per heavy atom. The van der Waals surface area contributed by atoms with Crippen molar-refractivity contribution in [1.82, 2.24) is 14.9 Å². The lowest BCUT2D eigenvalue weighted by Crippen LogP contribution is -2.38. The molecule has 1 aromatic carbocycles. The molecule has 1 fully saturated rings. The van der Waals surface area contributed by atoms with Crippen LogP contribution in [0, 0.1) is 0 Å². The Morgan fingerprint density at radius 2 is 2.37 bits per heavy atom. The van der Waals surface area contributed by atoms with E-state index in [1.54, 1.807) is 17.7 Å². The number of hydrogen-bond acceptors (Lipinski definition) is 4. The zero-order chi connectivity index (χ0) is 13.4. The molecule has 1 saturated heterocycles. The number of aromatic nitrogens is 2. The molecule has 0 aliphatic carbocycles. The van der Waals surface area contributed by atoms with Crippen molar-refractivity contribution in [2.45, 2.75) is 6.04 Å². The van der Waals surface area contributed by atoms with E-state index < -0.39 is 0 Å². The Kier molecular flexibility index (Phi) is 3.38. The lowest BCUT2D eigenvalue weighted by atomic mass is 10.2. The second-order valence-corrected chi connectivity index (χ2v) is 5.49. The SMILES string of the molecule is Cn1c(C2COCCN2)nc2cc(Br)ccc2c1=O. The molecule has 2 heterocycles. The van der Waals surface area contributed by atoms with Crippen molar-refractivity contribution in [3.8, 4) is 0 Å². The summed E-state index contributed by atoms with van der Waals surface area (Å²) in [5, 5.41) is 3.95. The molecule has 19 heavy (non-hydrogen) atoms. The number of nitrogens with one attached hydrogen (secondary N) is 1. The summed E-state index contributed by atoms with van der Waals surface area (Å²) in [4.78, 5) is 17.0. The van der Waals surface area contributed by atoms with Crippen LogP contribution in [0.15, 0.2) is 27.5 Å². The fraction of sp³-hybridized carbons (Fsp3) is 0.385. The molecule has 3 rings (SSSR count). The third kappa shape index (κ3) is 2.31. The van der Waals surface area contributed by atoms with Gasteiger partial charge in [0.15, 0.2) is 0 Å². The van der Waals surface area contributed by atoms with Crippen LogP contribution in [0.4, 0.5) is 0 Å². The third-order valence-electron chi connectivity index (χ3n) is 3.31. The molecule has 6 heteroatoms. The monoisotopic (exact) mass is 323 g/mol. The van der Waals surface area contributed by atoms with Gasteiger partial charge >= 0.3 is 0 Å². The molecule has 100 valence electrons. The van der Waals surface area contributed by atoms with Crippen LogP contribution in [-0.4, -0.2) is 29.3 Å². The van der Waals surface area contributed by atoms with Crippen LogP contribution in [-0.2, 0) is 11.8 Å². The van der Waals surface area contributed by atoms with Gasteiger partial charge in [0.25, 0.3) is 5.56 Å². The zero-order valence-electron chi connectivity index (χ0n) is 10.5. The number of rotatable bonds is 1. The van der Waals surface area contributed by atoms with Crippen molar-refractivity contribution in [2.75, 3.05) is 19.8 Å². The van der Waals surface area contributed by atoms with Crippen LogP contribution in [0.25, 0.3) is 10.9 Å². The Labute approximate surface area is 118 Å². The molecule has 0 saturated carbocycles. The highest BCUT2D eigenvalue weighted by molar-refractivity contribution is 9.10. The number of halogens is 1. The number of ether oxygens (including phenoxy) is 1. The van der Waals surface area contributed by atoms with Crippen LogP contribution in [0.5, 0.6) is 0 Å². The average Bonchev–Trinajstić information content (AvgIpc) is 2.43. The summed E-state index contributed by atoms with van der Waals surface area (Å²) >= 11 is 3.41. The van der Waals surface area contributed by atoms with Gasteiger partial charge in [-0.25, -0.2) is 4.98 Å². The lowest BCUT2D eigenvalue weighted by Gasteiger charge is -2.24. The highest BCUT2D eigenvalue weighted by atomic mass is 79.9. The van der Waals surface area contributed by atoms with Crippen molar-refractivity contribution in [3.05, 3.63) is 38.9 Å².